The predicted molar refractivity (Wildman–Crippen MR) is 93.7 cm³/mol. The molecule has 1 aromatic carbocycles. The molecule has 138 valence electrons. The maximum absolute atomic E-state index is 13.0. The van der Waals surface area contributed by atoms with Gasteiger partial charge in [-0.25, -0.2) is 4.39 Å². The Morgan fingerprint density at radius 3 is 2.88 bits per heavy atom. The number of rotatable bonds is 4. The van der Waals surface area contributed by atoms with Gasteiger partial charge in [-0.2, -0.15) is 0 Å². The SMILES string of the molecule is O=C(c1noc2c1CCCC2)N1CCCC(COc2ccc(F)cc2)C1. The maximum atomic E-state index is 13.0. The van der Waals surface area contributed by atoms with Crippen molar-refractivity contribution in [1.29, 1.82) is 0 Å². The molecule has 1 aliphatic carbocycles. The molecule has 0 radical (unpaired) electrons. The Hall–Kier alpha value is -2.37. The van der Waals surface area contributed by atoms with E-state index in [2.05, 4.69) is 5.16 Å². The number of likely N-dealkylation sites (tertiary alicyclic amines) is 1. The van der Waals surface area contributed by atoms with Gasteiger partial charge in [-0.1, -0.05) is 5.16 Å². The molecule has 0 bridgehead atoms. The second-order valence-electron chi connectivity index (χ2n) is 7.16. The summed E-state index contributed by atoms with van der Waals surface area (Å²) in [5, 5.41) is 4.07. The smallest absolute Gasteiger partial charge is 0.276 e. The fraction of sp³-hybridized carbons (Fsp3) is 0.500. The monoisotopic (exact) mass is 358 g/mol. The van der Waals surface area contributed by atoms with Crippen molar-refractivity contribution in [2.24, 2.45) is 5.92 Å². The lowest BCUT2D eigenvalue weighted by Gasteiger charge is -2.32. The summed E-state index contributed by atoms with van der Waals surface area (Å²) in [7, 11) is 0. The van der Waals surface area contributed by atoms with E-state index in [0.29, 0.717) is 24.6 Å². The molecule has 1 unspecified atom stereocenters. The van der Waals surface area contributed by atoms with Crippen molar-refractivity contribution in [3.8, 4) is 5.75 Å². The van der Waals surface area contributed by atoms with Crippen LogP contribution in [0.3, 0.4) is 0 Å². The van der Waals surface area contributed by atoms with Gasteiger partial charge in [-0.15, -0.1) is 0 Å². The van der Waals surface area contributed by atoms with E-state index in [1.807, 2.05) is 4.90 Å². The summed E-state index contributed by atoms with van der Waals surface area (Å²) in [6.07, 6.45) is 5.91. The first-order chi connectivity index (χ1) is 12.7. The molecule has 1 atom stereocenters. The highest BCUT2D eigenvalue weighted by Crippen LogP contribution is 2.27. The average Bonchev–Trinajstić information content (AvgIpc) is 3.11. The summed E-state index contributed by atoms with van der Waals surface area (Å²) in [5.41, 5.74) is 1.51. The van der Waals surface area contributed by atoms with Crippen molar-refractivity contribution < 1.29 is 18.4 Å². The van der Waals surface area contributed by atoms with E-state index < -0.39 is 0 Å². The van der Waals surface area contributed by atoms with Crippen LogP contribution in [0.1, 0.15) is 47.5 Å². The van der Waals surface area contributed by atoms with E-state index in [1.54, 1.807) is 12.1 Å². The van der Waals surface area contributed by atoms with Crippen LogP contribution in [0, 0.1) is 11.7 Å². The van der Waals surface area contributed by atoms with Crippen molar-refractivity contribution >= 4 is 5.91 Å². The lowest BCUT2D eigenvalue weighted by Crippen LogP contribution is -2.42. The molecular weight excluding hydrogens is 335 g/mol. The van der Waals surface area contributed by atoms with Gasteiger partial charge in [0.2, 0.25) is 0 Å². The summed E-state index contributed by atoms with van der Waals surface area (Å²) in [4.78, 5) is 14.8. The van der Waals surface area contributed by atoms with E-state index in [-0.39, 0.29) is 17.6 Å². The van der Waals surface area contributed by atoms with Crippen molar-refractivity contribution in [3.05, 3.63) is 47.1 Å². The first-order valence-electron chi connectivity index (χ1n) is 9.36. The number of hydrogen-bond donors (Lipinski definition) is 0. The lowest BCUT2D eigenvalue weighted by molar-refractivity contribution is 0.0622. The third kappa shape index (κ3) is 3.59. The molecule has 0 saturated carbocycles. The molecule has 4 rings (SSSR count). The number of halogens is 1. The second kappa shape index (κ2) is 7.48. The summed E-state index contributed by atoms with van der Waals surface area (Å²) < 4.78 is 24.1. The molecule has 1 aromatic heterocycles. The number of ether oxygens (including phenoxy) is 1. The first kappa shape index (κ1) is 17.1. The average molecular weight is 358 g/mol. The Morgan fingerprint density at radius 1 is 1.23 bits per heavy atom. The molecule has 1 aliphatic heterocycles. The molecule has 2 aromatic rings. The highest BCUT2D eigenvalue weighted by Gasteiger charge is 2.30. The zero-order chi connectivity index (χ0) is 17.9. The van der Waals surface area contributed by atoms with Gasteiger partial charge >= 0.3 is 0 Å². The van der Waals surface area contributed by atoms with Crippen LogP contribution in [-0.2, 0) is 12.8 Å². The molecule has 26 heavy (non-hydrogen) atoms. The number of hydrogen-bond acceptors (Lipinski definition) is 4. The van der Waals surface area contributed by atoms with Gasteiger partial charge in [0.25, 0.3) is 5.91 Å². The van der Waals surface area contributed by atoms with Crippen LogP contribution < -0.4 is 4.74 Å². The number of nitrogens with zero attached hydrogens (tertiary/aromatic N) is 2. The first-order valence-corrected chi connectivity index (χ1v) is 9.36. The van der Waals surface area contributed by atoms with E-state index in [4.69, 9.17) is 9.26 Å². The standard InChI is InChI=1S/C20H23FN2O3/c21-15-7-9-16(10-8-15)25-13-14-4-3-11-23(12-14)20(24)19-17-5-1-2-6-18(17)26-22-19/h7-10,14H,1-6,11-13H2. The highest BCUT2D eigenvalue weighted by atomic mass is 19.1. The fourth-order valence-electron chi connectivity index (χ4n) is 3.83. The number of aryl methyl sites for hydroxylation is 1. The van der Waals surface area contributed by atoms with Gasteiger partial charge < -0.3 is 14.2 Å². The van der Waals surface area contributed by atoms with Gasteiger partial charge in [-0.3, -0.25) is 4.79 Å². The molecule has 1 fully saturated rings. The number of carbonyl (C=O) groups is 1. The molecule has 1 amide bonds. The normalized spacial score (nSPS) is 19.9. The predicted octanol–water partition coefficient (Wildman–Crippen LogP) is 3.62. The van der Waals surface area contributed by atoms with Gasteiger partial charge in [0.15, 0.2) is 5.69 Å². The number of piperidine rings is 1. The van der Waals surface area contributed by atoms with Gasteiger partial charge in [0.05, 0.1) is 6.61 Å². The summed E-state index contributed by atoms with van der Waals surface area (Å²) in [6.45, 7) is 1.92. The van der Waals surface area contributed by atoms with Crippen molar-refractivity contribution in [2.45, 2.75) is 38.5 Å². The molecule has 2 aliphatic rings. The Kier molecular flexibility index (Phi) is 4.91. The molecule has 5 nitrogen and oxygen atoms in total. The zero-order valence-corrected chi connectivity index (χ0v) is 14.7. The van der Waals surface area contributed by atoms with Crippen molar-refractivity contribution in [1.82, 2.24) is 10.1 Å². The van der Waals surface area contributed by atoms with Crippen LogP contribution in [-0.4, -0.2) is 35.7 Å². The number of benzene rings is 1. The third-order valence-electron chi connectivity index (χ3n) is 5.26. The number of amides is 1. The minimum atomic E-state index is -0.275. The van der Waals surface area contributed by atoms with E-state index in [9.17, 15) is 9.18 Å². The number of aromatic nitrogens is 1. The van der Waals surface area contributed by atoms with Crippen LogP contribution in [0.2, 0.25) is 0 Å². The molecule has 1 saturated heterocycles. The quantitative estimate of drug-likeness (QED) is 0.838. The summed E-state index contributed by atoms with van der Waals surface area (Å²) in [6, 6.07) is 6.03. The maximum Gasteiger partial charge on any atom is 0.276 e. The minimum absolute atomic E-state index is 0.0246. The number of carbonyl (C=O) groups excluding carboxylic acids is 1. The molecule has 6 heteroatoms. The van der Waals surface area contributed by atoms with Gasteiger partial charge in [-0.05, 0) is 56.4 Å². The highest BCUT2D eigenvalue weighted by molar-refractivity contribution is 5.94. The van der Waals surface area contributed by atoms with Crippen molar-refractivity contribution in [2.75, 3.05) is 19.7 Å². The summed E-state index contributed by atoms with van der Waals surface area (Å²) in [5.74, 6) is 1.50. The molecule has 2 heterocycles. The van der Waals surface area contributed by atoms with Gasteiger partial charge in [0.1, 0.15) is 17.3 Å². The minimum Gasteiger partial charge on any atom is -0.493 e. The molecule has 0 N–H and O–H groups in total. The van der Waals surface area contributed by atoms with E-state index in [0.717, 1.165) is 56.4 Å². The molecule has 0 spiro atoms. The molecular formula is C20H23FN2O3. The Labute approximate surface area is 152 Å². The topological polar surface area (TPSA) is 55.6 Å². The van der Waals surface area contributed by atoms with Crippen molar-refractivity contribution in [3.63, 3.8) is 0 Å². The fourth-order valence-corrected chi connectivity index (χ4v) is 3.83. The van der Waals surface area contributed by atoms with Crippen LogP contribution in [0.4, 0.5) is 4.39 Å². The van der Waals surface area contributed by atoms with Gasteiger partial charge in [0, 0.05) is 31.0 Å². The van der Waals surface area contributed by atoms with Crippen LogP contribution in [0.15, 0.2) is 28.8 Å². The van der Waals surface area contributed by atoms with E-state index in [1.165, 1.54) is 12.1 Å². The summed E-state index contributed by atoms with van der Waals surface area (Å²) >= 11 is 0. The second-order valence-corrected chi connectivity index (χ2v) is 7.16. The Morgan fingerprint density at radius 2 is 2.04 bits per heavy atom. The lowest BCUT2D eigenvalue weighted by atomic mass is 9.95. The number of fused-ring (bicyclic) bond motifs is 1. The van der Waals surface area contributed by atoms with Crippen LogP contribution in [0.5, 0.6) is 5.75 Å². The zero-order valence-electron chi connectivity index (χ0n) is 14.7. The third-order valence-corrected chi connectivity index (χ3v) is 5.26. The van der Waals surface area contributed by atoms with Crippen LogP contribution >= 0.6 is 0 Å². The Balaban J connectivity index is 1.38. The Bertz CT molecular complexity index is 772. The van der Waals surface area contributed by atoms with Crippen LogP contribution in [0.25, 0.3) is 0 Å². The van der Waals surface area contributed by atoms with E-state index >= 15 is 0 Å². The largest absolute Gasteiger partial charge is 0.493 e.